The monoisotopic (exact) mass is 277 g/mol. The topological polar surface area (TPSA) is 38.8 Å². The van der Waals surface area contributed by atoms with Crippen molar-refractivity contribution in [3.05, 3.63) is 23.3 Å². The molecule has 0 saturated carbocycles. The summed E-state index contributed by atoms with van der Waals surface area (Å²) in [6.07, 6.45) is 2.55. The van der Waals surface area contributed by atoms with Gasteiger partial charge >= 0.3 is 0 Å². The molecule has 0 fully saturated rings. The van der Waals surface area contributed by atoms with Gasteiger partial charge in [0.25, 0.3) is 0 Å². The number of Topliss-reactive ketones (excluding diaryl/α,β-unsaturated/α-hetero) is 1. The predicted octanol–water partition coefficient (Wildman–Crippen LogP) is 2.43. The Morgan fingerprint density at radius 3 is 2.45 bits per heavy atom. The molecule has 1 aliphatic rings. The van der Waals surface area contributed by atoms with Crippen molar-refractivity contribution in [1.82, 2.24) is 4.90 Å². The molecule has 0 saturated heterocycles. The first-order valence-corrected chi connectivity index (χ1v) is 7.15. The van der Waals surface area contributed by atoms with E-state index in [9.17, 15) is 4.79 Å². The molecule has 0 aliphatic carbocycles. The normalized spacial score (nSPS) is 14.8. The number of fused-ring (bicyclic) bond motifs is 1. The lowest BCUT2D eigenvalue weighted by Crippen LogP contribution is -2.34. The molecule has 0 amide bonds. The number of methoxy groups -OCH3 is 2. The van der Waals surface area contributed by atoms with Gasteiger partial charge in [0.1, 0.15) is 5.78 Å². The second-order valence-electron chi connectivity index (χ2n) is 5.23. The number of hydrogen-bond acceptors (Lipinski definition) is 4. The zero-order valence-corrected chi connectivity index (χ0v) is 12.6. The Bertz CT molecular complexity index is 485. The van der Waals surface area contributed by atoms with E-state index in [1.165, 1.54) is 11.1 Å². The van der Waals surface area contributed by atoms with Crippen LogP contribution in [0.4, 0.5) is 0 Å². The van der Waals surface area contributed by atoms with Gasteiger partial charge in [-0.3, -0.25) is 9.69 Å². The molecule has 20 heavy (non-hydrogen) atoms. The summed E-state index contributed by atoms with van der Waals surface area (Å²) in [6, 6.07) is 4.09. The number of ether oxygens (including phenoxy) is 2. The van der Waals surface area contributed by atoms with Gasteiger partial charge in [0.15, 0.2) is 11.5 Å². The van der Waals surface area contributed by atoms with E-state index in [4.69, 9.17) is 9.47 Å². The van der Waals surface area contributed by atoms with Gasteiger partial charge in [0, 0.05) is 19.5 Å². The summed E-state index contributed by atoms with van der Waals surface area (Å²) in [5.74, 6) is 1.87. The van der Waals surface area contributed by atoms with Crippen LogP contribution < -0.4 is 9.47 Å². The lowest BCUT2D eigenvalue weighted by Gasteiger charge is -2.29. The van der Waals surface area contributed by atoms with Crippen LogP contribution >= 0.6 is 0 Å². The number of hydrogen-bond donors (Lipinski definition) is 0. The van der Waals surface area contributed by atoms with Crippen molar-refractivity contribution in [2.75, 3.05) is 27.3 Å². The van der Waals surface area contributed by atoms with E-state index in [-0.39, 0.29) is 0 Å². The average molecular weight is 277 g/mol. The Hall–Kier alpha value is -1.55. The standard InChI is InChI=1S/C16H23NO3/c1-4-5-14(18)11-17-7-6-12-8-15(19-2)16(20-3)9-13(12)10-17/h8-9H,4-7,10-11H2,1-3H3. The molecule has 1 aromatic rings. The molecule has 1 heterocycles. The first kappa shape index (κ1) is 14.9. The van der Waals surface area contributed by atoms with E-state index in [0.29, 0.717) is 18.7 Å². The van der Waals surface area contributed by atoms with E-state index in [0.717, 1.165) is 37.4 Å². The van der Waals surface area contributed by atoms with Crippen LogP contribution in [0.1, 0.15) is 30.9 Å². The summed E-state index contributed by atoms with van der Waals surface area (Å²) < 4.78 is 10.7. The van der Waals surface area contributed by atoms with Crippen LogP contribution in [-0.2, 0) is 17.8 Å². The van der Waals surface area contributed by atoms with Crippen LogP contribution in [0.5, 0.6) is 11.5 Å². The number of nitrogens with zero attached hydrogens (tertiary/aromatic N) is 1. The average Bonchev–Trinajstić information content (AvgIpc) is 2.45. The first-order chi connectivity index (χ1) is 9.67. The molecule has 2 rings (SSSR count). The van der Waals surface area contributed by atoms with Crippen molar-refractivity contribution >= 4 is 5.78 Å². The van der Waals surface area contributed by atoms with Crippen molar-refractivity contribution in [2.24, 2.45) is 0 Å². The predicted molar refractivity (Wildman–Crippen MR) is 78.4 cm³/mol. The maximum atomic E-state index is 11.8. The highest BCUT2D eigenvalue weighted by atomic mass is 16.5. The van der Waals surface area contributed by atoms with Crippen molar-refractivity contribution in [1.29, 1.82) is 0 Å². The summed E-state index contributed by atoms with van der Waals surface area (Å²) in [7, 11) is 3.30. The van der Waals surface area contributed by atoms with E-state index < -0.39 is 0 Å². The second-order valence-corrected chi connectivity index (χ2v) is 5.23. The zero-order valence-electron chi connectivity index (χ0n) is 12.6. The summed E-state index contributed by atoms with van der Waals surface area (Å²) in [5, 5.41) is 0. The lowest BCUT2D eigenvalue weighted by molar-refractivity contribution is -0.120. The third-order valence-electron chi connectivity index (χ3n) is 3.73. The minimum absolute atomic E-state index is 0.330. The number of benzene rings is 1. The van der Waals surface area contributed by atoms with Gasteiger partial charge in [-0.1, -0.05) is 6.92 Å². The molecular formula is C16H23NO3. The van der Waals surface area contributed by atoms with Crippen molar-refractivity contribution in [3.63, 3.8) is 0 Å². The fourth-order valence-corrected chi connectivity index (χ4v) is 2.68. The molecule has 0 atom stereocenters. The van der Waals surface area contributed by atoms with Crippen LogP contribution in [0.25, 0.3) is 0 Å². The maximum absolute atomic E-state index is 11.8. The van der Waals surface area contributed by atoms with Gasteiger partial charge in [-0.2, -0.15) is 0 Å². The third kappa shape index (κ3) is 3.31. The molecule has 1 aliphatic heterocycles. The summed E-state index contributed by atoms with van der Waals surface area (Å²) in [5.41, 5.74) is 2.53. The summed E-state index contributed by atoms with van der Waals surface area (Å²) in [4.78, 5) is 14.0. The van der Waals surface area contributed by atoms with Gasteiger partial charge in [-0.25, -0.2) is 0 Å². The molecule has 4 heteroatoms. The van der Waals surface area contributed by atoms with Crippen molar-refractivity contribution in [2.45, 2.75) is 32.7 Å². The number of rotatable bonds is 6. The molecule has 110 valence electrons. The Morgan fingerprint density at radius 1 is 1.20 bits per heavy atom. The molecule has 0 unspecified atom stereocenters. The maximum Gasteiger partial charge on any atom is 0.161 e. The van der Waals surface area contributed by atoms with E-state index >= 15 is 0 Å². The fourth-order valence-electron chi connectivity index (χ4n) is 2.68. The molecule has 4 nitrogen and oxygen atoms in total. The molecule has 1 aromatic carbocycles. The second kappa shape index (κ2) is 6.75. The number of carbonyl (C=O) groups excluding carboxylic acids is 1. The Balaban J connectivity index is 2.11. The van der Waals surface area contributed by atoms with E-state index in [1.54, 1.807) is 14.2 Å². The zero-order chi connectivity index (χ0) is 14.5. The molecule has 0 N–H and O–H groups in total. The van der Waals surface area contributed by atoms with Crippen LogP contribution in [-0.4, -0.2) is 38.0 Å². The van der Waals surface area contributed by atoms with Gasteiger partial charge in [0.2, 0.25) is 0 Å². The first-order valence-electron chi connectivity index (χ1n) is 7.15. The van der Waals surface area contributed by atoms with Crippen LogP contribution in [0.3, 0.4) is 0 Å². The Labute approximate surface area is 120 Å². The highest BCUT2D eigenvalue weighted by Gasteiger charge is 2.20. The molecule has 0 bridgehead atoms. The lowest BCUT2D eigenvalue weighted by atomic mass is 9.98. The highest BCUT2D eigenvalue weighted by Crippen LogP contribution is 2.33. The SMILES string of the molecule is CCCC(=O)CN1CCc2cc(OC)c(OC)cc2C1. The molecule has 0 aromatic heterocycles. The quantitative estimate of drug-likeness (QED) is 0.800. The van der Waals surface area contributed by atoms with Crippen LogP contribution in [0, 0.1) is 0 Å². The largest absolute Gasteiger partial charge is 0.493 e. The van der Waals surface area contributed by atoms with Crippen molar-refractivity contribution in [3.8, 4) is 11.5 Å². The fraction of sp³-hybridized carbons (Fsp3) is 0.562. The van der Waals surface area contributed by atoms with Gasteiger partial charge < -0.3 is 9.47 Å². The molecule has 0 spiro atoms. The summed E-state index contributed by atoms with van der Waals surface area (Å²) in [6.45, 7) is 4.34. The van der Waals surface area contributed by atoms with Crippen LogP contribution in [0.15, 0.2) is 12.1 Å². The van der Waals surface area contributed by atoms with Gasteiger partial charge in [-0.05, 0) is 36.1 Å². The van der Waals surface area contributed by atoms with Crippen LogP contribution in [0.2, 0.25) is 0 Å². The number of ketones is 1. The summed E-state index contributed by atoms with van der Waals surface area (Å²) >= 11 is 0. The third-order valence-corrected chi connectivity index (χ3v) is 3.73. The molecular weight excluding hydrogens is 254 g/mol. The number of carbonyl (C=O) groups is 1. The highest BCUT2D eigenvalue weighted by molar-refractivity contribution is 5.80. The van der Waals surface area contributed by atoms with Gasteiger partial charge in [-0.15, -0.1) is 0 Å². The minimum Gasteiger partial charge on any atom is -0.493 e. The Morgan fingerprint density at radius 2 is 1.85 bits per heavy atom. The minimum atomic E-state index is 0.330. The van der Waals surface area contributed by atoms with Gasteiger partial charge in [0.05, 0.1) is 20.8 Å². The van der Waals surface area contributed by atoms with E-state index in [2.05, 4.69) is 11.0 Å². The van der Waals surface area contributed by atoms with E-state index in [1.807, 2.05) is 13.0 Å². The smallest absolute Gasteiger partial charge is 0.161 e. The molecule has 0 radical (unpaired) electrons. The Kier molecular flexibility index (Phi) is 5.01. The van der Waals surface area contributed by atoms with Crippen molar-refractivity contribution < 1.29 is 14.3 Å².